The molecule has 9 heteroatoms. The molecule has 0 saturated heterocycles. The SMILES string of the molecule is Cc1nnc2c(=O)n(CC(=O)NCCN3CCc4ccccc4C3)c3cccnc3n12. The smallest absolute Gasteiger partial charge is 0.297 e. The summed E-state index contributed by atoms with van der Waals surface area (Å²) in [5, 5.41) is 10.9. The molecule has 0 atom stereocenters. The predicted molar refractivity (Wildman–Crippen MR) is 116 cm³/mol. The van der Waals surface area contributed by atoms with Gasteiger partial charge in [-0.3, -0.25) is 23.5 Å². The predicted octanol–water partition coefficient (Wildman–Crippen LogP) is 0.922. The fourth-order valence-electron chi connectivity index (χ4n) is 4.21. The third-order valence-electron chi connectivity index (χ3n) is 5.79. The number of amides is 1. The Morgan fingerprint density at radius 2 is 1.94 bits per heavy atom. The van der Waals surface area contributed by atoms with Gasteiger partial charge in [-0.05, 0) is 36.6 Å². The number of nitrogens with one attached hydrogen (secondary N) is 1. The van der Waals surface area contributed by atoms with Crippen LogP contribution in [0.2, 0.25) is 0 Å². The van der Waals surface area contributed by atoms with Crippen molar-refractivity contribution < 1.29 is 4.79 Å². The van der Waals surface area contributed by atoms with E-state index in [2.05, 4.69) is 49.7 Å². The molecule has 0 spiro atoms. The minimum atomic E-state index is -0.358. The normalized spacial score (nSPS) is 14.1. The maximum atomic E-state index is 13.0. The van der Waals surface area contributed by atoms with Crippen molar-refractivity contribution >= 4 is 22.7 Å². The van der Waals surface area contributed by atoms with E-state index in [4.69, 9.17) is 0 Å². The van der Waals surface area contributed by atoms with Gasteiger partial charge in [-0.2, -0.15) is 0 Å². The average Bonchev–Trinajstić information content (AvgIpc) is 3.18. The zero-order chi connectivity index (χ0) is 21.4. The molecule has 4 aromatic rings. The molecule has 0 saturated carbocycles. The van der Waals surface area contributed by atoms with Crippen molar-refractivity contribution in [2.45, 2.75) is 26.4 Å². The lowest BCUT2D eigenvalue weighted by molar-refractivity contribution is -0.121. The van der Waals surface area contributed by atoms with E-state index in [0.29, 0.717) is 23.5 Å². The minimum Gasteiger partial charge on any atom is -0.353 e. The van der Waals surface area contributed by atoms with Crippen molar-refractivity contribution in [3.05, 3.63) is 69.9 Å². The lowest BCUT2D eigenvalue weighted by Gasteiger charge is -2.28. The molecule has 9 nitrogen and oxygen atoms in total. The molecular weight excluding hydrogens is 394 g/mol. The summed E-state index contributed by atoms with van der Waals surface area (Å²) in [6.45, 7) is 4.84. The molecule has 5 rings (SSSR count). The van der Waals surface area contributed by atoms with Crippen LogP contribution in [0.3, 0.4) is 0 Å². The van der Waals surface area contributed by atoms with E-state index in [9.17, 15) is 9.59 Å². The second-order valence-electron chi connectivity index (χ2n) is 7.79. The van der Waals surface area contributed by atoms with Gasteiger partial charge in [0, 0.05) is 32.4 Å². The highest BCUT2D eigenvalue weighted by molar-refractivity contribution is 5.80. The Kier molecular flexibility index (Phi) is 4.95. The summed E-state index contributed by atoms with van der Waals surface area (Å²) in [6, 6.07) is 12.0. The van der Waals surface area contributed by atoms with Gasteiger partial charge >= 0.3 is 0 Å². The molecule has 1 aromatic carbocycles. The molecule has 0 aliphatic carbocycles. The number of aromatic nitrogens is 5. The Hall–Kier alpha value is -3.59. The molecule has 1 aliphatic rings. The van der Waals surface area contributed by atoms with Crippen molar-refractivity contribution in [1.29, 1.82) is 0 Å². The number of benzene rings is 1. The Morgan fingerprint density at radius 3 is 2.81 bits per heavy atom. The number of rotatable bonds is 5. The summed E-state index contributed by atoms with van der Waals surface area (Å²) in [7, 11) is 0. The second kappa shape index (κ2) is 7.92. The number of carbonyl (C=O) groups is 1. The van der Waals surface area contributed by atoms with Gasteiger partial charge < -0.3 is 5.32 Å². The van der Waals surface area contributed by atoms with E-state index in [0.717, 1.165) is 26.1 Å². The van der Waals surface area contributed by atoms with Gasteiger partial charge in [0.1, 0.15) is 12.4 Å². The van der Waals surface area contributed by atoms with E-state index < -0.39 is 0 Å². The fourth-order valence-corrected chi connectivity index (χ4v) is 4.21. The van der Waals surface area contributed by atoms with Gasteiger partial charge in [0.15, 0.2) is 5.65 Å². The van der Waals surface area contributed by atoms with Crippen LogP contribution in [-0.4, -0.2) is 54.6 Å². The molecule has 0 fully saturated rings. The van der Waals surface area contributed by atoms with E-state index in [-0.39, 0.29) is 23.7 Å². The van der Waals surface area contributed by atoms with Gasteiger partial charge in [-0.1, -0.05) is 24.3 Å². The van der Waals surface area contributed by atoms with Gasteiger partial charge in [-0.15, -0.1) is 10.2 Å². The van der Waals surface area contributed by atoms with Crippen molar-refractivity contribution in [2.75, 3.05) is 19.6 Å². The Labute approximate surface area is 178 Å². The van der Waals surface area contributed by atoms with Gasteiger partial charge in [-0.25, -0.2) is 4.98 Å². The van der Waals surface area contributed by atoms with Crippen LogP contribution in [0, 0.1) is 6.92 Å². The first-order valence-corrected chi connectivity index (χ1v) is 10.4. The molecule has 0 radical (unpaired) electrons. The molecule has 1 amide bonds. The summed E-state index contributed by atoms with van der Waals surface area (Å²) in [6.07, 6.45) is 2.67. The summed E-state index contributed by atoms with van der Waals surface area (Å²) in [5.41, 5.74) is 3.70. The summed E-state index contributed by atoms with van der Waals surface area (Å²) < 4.78 is 3.04. The van der Waals surface area contributed by atoms with E-state index >= 15 is 0 Å². The van der Waals surface area contributed by atoms with Crippen LogP contribution in [0.25, 0.3) is 16.8 Å². The molecule has 0 bridgehead atoms. The number of nitrogens with zero attached hydrogens (tertiary/aromatic N) is 6. The van der Waals surface area contributed by atoms with Crippen molar-refractivity contribution in [3.8, 4) is 0 Å². The standard InChI is InChI=1S/C22H23N7O2/c1-15-25-26-21-22(31)28(18-7-4-9-24-20(18)29(15)21)14-19(30)23-10-12-27-11-8-16-5-2-3-6-17(16)13-27/h2-7,9H,8,10-14H2,1H3,(H,23,30). The number of aryl methyl sites for hydroxylation is 1. The van der Waals surface area contributed by atoms with E-state index in [1.807, 2.05) is 0 Å². The van der Waals surface area contributed by atoms with Crippen molar-refractivity contribution in [3.63, 3.8) is 0 Å². The first-order chi connectivity index (χ1) is 15.1. The lowest BCUT2D eigenvalue weighted by Crippen LogP contribution is -2.39. The van der Waals surface area contributed by atoms with Crippen molar-refractivity contribution in [2.24, 2.45) is 0 Å². The third kappa shape index (κ3) is 3.57. The van der Waals surface area contributed by atoms with Gasteiger partial charge in [0.25, 0.3) is 5.56 Å². The number of hydrogen-bond donors (Lipinski definition) is 1. The van der Waals surface area contributed by atoms with Gasteiger partial charge in [0.2, 0.25) is 11.6 Å². The largest absolute Gasteiger partial charge is 0.353 e. The molecule has 0 unspecified atom stereocenters. The lowest BCUT2D eigenvalue weighted by atomic mass is 10.00. The third-order valence-corrected chi connectivity index (χ3v) is 5.79. The number of carbonyl (C=O) groups excluding carboxylic acids is 1. The zero-order valence-electron chi connectivity index (χ0n) is 17.3. The highest BCUT2D eigenvalue weighted by Crippen LogP contribution is 2.17. The van der Waals surface area contributed by atoms with Crippen molar-refractivity contribution in [1.82, 2.24) is 34.4 Å². The number of hydrogen-bond acceptors (Lipinski definition) is 6. The van der Waals surface area contributed by atoms with Crippen LogP contribution >= 0.6 is 0 Å². The Balaban J connectivity index is 1.29. The molecule has 31 heavy (non-hydrogen) atoms. The fraction of sp³-hybridized carbons (Fsp3) is 0.318. The van der Waals surface area contributed by atoms with Crippen LogP contribution in [0.1, 0.15) is 17.0 Å². The van der Waals surface area contributed by atoms with Crippen LogP contribution in [-0.2, 0) is 24.3 Å². The number of pyridine rings is 1. The maximum absolute atomic E-state index is 13.0. The first-order valence-electron chi connectivity index (χ1n) is 10.4. The van der Waals surface area contributed by atoms with Gasteiger partial charge in [0.05, 0.1) is 5.52 Å². The Bertz CT molecular complexity index is 1340. The molecule has 1 N–H and O–H groups in total. The monoisotopic (exact) mass is 417 g/mol. The minimum absolute atomic E-state index is 0.0910. The van der Waals surface area contributed by atoms with E-state index in [1.54, 1.807) is 29.7 Å². The summed E-state index contributed by atoms with van der Waals surface area (Å²) in [5.74, 6) is 0.362. The quantitative estimate of drug-likeness (QED) is 0.519. The molecular formula is C22H23N7O2. The molecule has 3 aromatic heterocycles. The van der Waals surface area contributed by atoms with Crippen LogP contribution < -0.4 is 10.9 Å². The summed E-state index contributed by atoms with van der Waals surface area (Å²) >= 11 is 0. The van der Waals surface area contributed by atoms with Crippen LogP contribution in [0.5, 0.6) is 0 Å². The van der Waals surface area contributed by atoms with E-state index in [1.165, 1.54) is 15.7 Å². The molecule has 1 aliphatic heterocycles. The highest BCUT2D eigenvalue weighted by Gasteiger charge is 2.18. The topological polar surface area (TPSA) is 97.4 Å². The van der Waals surface area contributed by atoms with Crippen LogP contribution in [0.15, 0.2) is 47.4 Å². The second-order valence-corrected chi connectivity index (χ2v) is 7.79. The zero-order valence-corrected chi connectivity index (χ0v) is 17.3. The number of fused-ring (bicyclic) bond motifs is 4. The average molecular weight is 417 g/mol. The Morgan fingerprint density at radius 1 is 1.10 bits per heavy atom. The summed E-state index contributed by atoms with van der Waals surface area (Å²) in [4.78, 5) is 32.3. The molecule has 158 valence electrons. The first kappa shape index (κ1) is 19.4. The highest BCUT2D eigenvalue weighted by atomic mass is 16.2. The van der Waals surface area contributed by atoms with Crippen LogP contribution in [0.4, 0.5) is 0 Å². The molecule has 4 heterocycles. The maximum Gasteiger partial charge on any atom is 0.297 e.